The normalized spacial score (nSPS) is 10.0. The van der Waals surface area contributed by atoms with Gasteiger partial charge >= 0.3 is 0 Å². The van der Waals surface area contributed by atoms with Gasteiger partial charge in [-0.15, -0.1) is 5.10 Å². The first kappa shape index (κ1) is 10.6. The first-order valence-electron chi connectivity index (χ1n) is 4.65. The van der Waals surface area contributed by atoms with Gasteiger partial charge in [-0.3, -0.25) is 5.10 Å². The van der Waals surface area contributed by atoms with Crippen LogP contribution >= 0.6 is 11.8 Å². The highest BCUT2D eigenvalue weighted by molar-refractivity contribution is 7.98. The van der Waals surface area contributed by atoms with Crippen molar-refractivity contribution in [3.63, 3.8) is 0 Å². The van der Waals surface area contributed by atoms with E-state index in [4.69, 9.17) is 5.26 Å². The van der Waals surface area contributed by atoms with Crippen molar-refractivity contribution >= 4 is 11.8 Å². The average Bonchev–Trinajstić information content (AvgIpc) is 2.73. The van der Waals surface area contributed by atoms with Crippen LogP contribution in [0.15, 0.2) is 23.5 Å². The molecule has 0 aromatic carbocycles. The van der Waals surface area contributed by atoms with Crippen LogP contribution in [-0.4, -0.2) is 20.2 Å². The van der Waals surface area contributed by atoms with Crippen molar-refractivity contribution in [3.8, 4) is 6.07 Å². The lowest BCUT2D eigenvalue weighted by molar-refractivity contribution is 0.969. The van der Waals surface area contributed by atoms with Crippen LogP contribution in [0.1, 0.15) is 17.1 Å². The minimum Gasteiger partial charge on any atom is -0.262 e. The van der Waals surface area contributed by atoms with E-state index in [2.05, 4.69) is 20.2 Å². The third-order valence-electron chi connectivity index (χ3n) is 1.88. The van der Waals surface area contributed by atoms with Crippen molar-refractivity contribution < 1.29 is 0 Å². The molecule has 0 atom stereocenters. The summed E-state index contributed by atoms with van der Waals surface area (Å²) < 4.78 is 0. The van der Waals surface area contributed by atoms with Crippen LogP contribution in [0.5, 0.6) is 0 Å². The quantitative estimate of drug-likeness (QED) is 0.813. The van der Waals surface area contributed by atoms with Gasteiger partial charge in [0.05, 0.1) is 0 Å². The van der Waals surface area contributed by atoms with Gasteiger partial charge in [-0.25, -0.2) is 9.97 Å². The van der Waals surface area contributed by atoms with Crippen LogP contribution < -0.4 is 0 Å². The van der Waals surface area contributed by atoms with Gasteiger partial charge < -0.3 is 0 Å². The van der Waals surface area contributed by atoms with Crippen molar-refractivity contribution in [1.29, 1.82) is 5.26 Å². The number of thioether (sulfide) groups is 1. The molecule has 0 saturated carbocycles. The van der Waals surface area contributed by atoms with Crippen molar-refractivity contribution in [2.75, 3.05) is 0 Å². The Labute approximate surface area is 96.9 Å². The van der Waals surface area contributed by atoms with Gasteiger partial charge in [-0.05, 0) is 24.6 Å². The lowest BCUT2D eigenvalue weighted by Gasteiger charge is -1.97. The van der Waals surface area contributed by atoms with Gasteiger partial charge in [0.15, 0.2) is 0 Å². The van der Waals surface area contributed by atoms with E-state index < -0.39 is 0 Å². The number of H-pyrrole nitrogens is 1. The summed E-state index contributed by atoms with van der Waals surface area (Å²) in [5.74, 6) is 1.53. The third-order valence-corrected chi connectivity index (χ3v) is 2.80. The second kappa shape index (κ2) is 4.77. The summed E-state index contributed by atoms with van der Waals surface area (Å²) in [7, 11) is 0. The number of rotatable bonds is 3. The molecule has 0 spiro atoms. The Balaban J connectivity index is 2.02. The molecule has 6 heteroatoms. The van der Waals surface area contributed by atoms with Gasteiger partial charge in [0.2, 0.25) is 5.16 Å². The molecule has 2 aromatic heterocycles. The average molecular weight is 231 g/mol. The Morgan fingerprint density at radius 3 is 3.12 bits per heavy atom. The Morgan fingerprint density at radius 1 is 1.56 bits per heavy atom. The monoisotopic (exact) mass is 231 g/mol. The van der Waals surface area contributed by atoms with E-state index in [1.54, 1.807) is 12.3 Å². The molecule has 16 heavy (non-hydrogen) atoms. The highest BCUT2D eigenvalue weighted by Gasteiger charge is 2.02. The first-order chi connectivity index (χ1) is 7.78. The summed E-state index contributed by atoms with van der Waals surface area (Å²) in [6.45, 7) is 1.86. The summed E-state index contributed by atoms with van der Waals surface area (Å²) in [5.41, 5.74) is 1.48. The van der Waals surface area contributed by atoms with Gasteiger partial charge in [0.25, 0.3) is 0 Å². The van der Waals surface area contributed by atoms with Gasteiger partial charge in [-0.2, -0.15) is 5.26 Å². The van der Waals surface area contributed by atoms with Crippen LogP contribution in [0.3, 0.4) is 0 Å². The molecular weight excluding hydrogens is 222 g/mol. The Hall–Kier alpha value is -1.87. The molecule has 80 valence electrons. The largest absolute Gasteiger partial charge is 0.262 e. The van der Waals surface area contributed by atoms with E-state index in [9.17, 15) is 0 Å². The minimum absolute atomic E-state index is 0.435. The van der Waals surface area contributed by atoms with Gasteiger partial charge in [-0.1, -0.05) is 11.8 Å². The SMILES string of the molecule is Cc1nc(SCc2ccnc(C#N)c2)n[nH]1. The zero-order chi connectivity index (χ0) is 11.4. The zero-order valence-corrected chi connectivity index (χ0v) is 9.45. The fourth-order valence-electron chi connectivity index (χ4n) is 1.16. The number of pyridine rings is 1. The predicted molar refractivity (Wildman–Crippen MR) is 59.6 cm³/mol. The highest BCUT2D eigenvalue weighted by atomic mass is 32.2. The number of aryl methyl sites for hydroxylation is 1. The van der Waals surface area contributed by atoms with Crippen LogP contribution in [0.25, 0.3) is 0 Å². The van der Waals surface area contributed by atoms with Crippen molar-refractivity contribution in [1.82, 2.24) is 20.2 Å². The number of aromatic nitrogens is 4. The fraction of sp³-hybridized carbons (Fsp3) is 0.200. The predicted octanol–water partition coefficient (Wildman–Crippen LogP) is 1.67. The van der Waals surface area contributed by atoms with Crippen LogP contribution in [0.2, 0.25) is 0 Å². The van der Waals surface area contributed by atoms with E-state index in [1.807, 2.05) is 19.1 Å². The second-order valence-electron chi connectivity index (χ2n) is 3.15. The molecule has 0 fully saturated rings. The summed E-state index contributed by atoms with van der Waals surface area (Å²) in [6.07, 6.45) is 1.64. The maximum Gasteiger partial charge on any atom is 0.208 e. The van der Waals surface area contributed by atoms with E-state index in [-0.39, 0.29) is 0 Å². The smallest absolute Gasteiger partial charge is 0.208 e. The van der Waals surface area contributed by atoms with Crippen molar-refractivity contribution in [2.24, 2.45) is 0 Å². The summed E-state index contributed by atoms with van der Waals surface area (Å²) in [4.78, 5) is 8.09. The summed E-state index contributed by atoms with van der Waals surface area (Å²) >= 11 is 1.52. The molecule has 2 rings (SSSR count). The van der Waals surface area contributed by atoms with E-state index >= 15 is 0 Å². The zero-order valence-electron chi connectivity index (χ0n) is 8.64. The molecule has 0 aliphatic carbocycles. The third kappa shape index (κ3) is 2.58. The summed E-state index contributed by atoms with van der Waals surface area (Å²) in [6, 6.07) is 5.66. The van der Waals surface area contributed by atoms with Gasteiger partial charge in [0.1, 0.15) is 17.6 Å². The fourth-order valence-corrected chi connectivity index (χ4v) is 1.95. The van der Waals surface area contributed by atoms with Crippen molar-refractivity contribution in [2.45, 2.75) is 17.8 Å². The molecule has 0 bridgehead atoms. The molecule has 0 amide bonds. The highest BCUT2D eigenvalue weighted by Crippen LogP contribution is 2.18. The lowest BCUT2D eigenvalue weighted by Crippen LogP contribution is -1.87. The van der Waals surface area contributed by atoms with E-state index in [0.717, 1.165) is 17.1 Å². The number of hydrogen-bond acceptors (Lipinski definition) is 5. The van der Waals surface area contributed by atoms with Crippen LogP contribution in [0, 0.1) is 18.3 Å². The minimum atomic E-state index is 0.435. The molecule has 0 radical (unpaired) electrons. The summed E-state index contributed by atoms with van der Waals surface area (Å²) in [5, 5.41) is 16.2. The number of nitriles is 1. The maximum atomic E-state index is 8.70. The van der Waals surface area contributed by atoms with E-state index in [1.165, 1.54) is 11.8 Å². The second-order valence-corrected chi connectivity index (χ2v) is 4.10. The van der Waals surface area contributed by atoms with Crippen LogP contribution in [0.4, 0.5) is 0 Å². The number of aromatic amines is 1. The van der Waals surface area contributed by atoms with E-state index in [0.29, 0.717) is 10.9 Å². The lowest BCUT2D eigenvalue weighted by atomic mass is 10.2. The molecule has 1 N–H and O–H groups in total. The van der Waals surface area contributed by atoms with Crippen LogP contribution in [-0.2, 0) is 5.75 Å². The Bertz CT molecular complexity index is 528. The molecule has 0 aliphatic heterocycles. The topological polar surface area (TPSA) is 78.2 Å². The standard InChI is InChI=1S/C10H9N5S/c1-7-13-10(15-14-7)16-6-8-2-3-12-9(4-8)5-11/h2-4H,6H2,1H3,(H,13,14,15). The molecule has 0 saturated heterocycles. The number of hydrogen-bond donors (Lipinski definition) is 1. The molecule has 2 aromatic rings. The molecule has 5 nitrogen and oxygen atoms in total. The van der Waals surface area contributed by atoms with Gasteiger partial charge in [0, 0.05) is 11.9 Å². The molecular formula is C10H9N5S. The van der Waals surface area contributed by atoms with Crippen molar-refractivity contribution in [3.05, 3.63) is 35.4 Å². The maximum absolute atomic E-state index is 8.70. The molecule has 0 aliphatic rings. The Morgan fingerprint density at radius 2 is 2.44 bits per heavy atom. The molecule has 0 unspecified atom stereocenters. The number of nitrogens with zero attached hydrogens (tertiary/aromatic N) is 4. The number of nitrogens with one attached hydrogen (secondary N) is 1. The Kier molecular flexibility index (Phi) is 3.17. The first-order valence-corrected chi connectivity index (χ1v) is 5.63. The molecule has 2 heterocycles.